The summed E-state index contributed by atoms with van der Waals surface area (Å²) in [7, 11) is 0. The summed E-state index contributed by atoms with van der Waals surface area (Å²) < 4.78 is 2.36. The predicted octanol–water partition coefficient (Wildman–Crippen LogP) is 5.77. The number of aromatic nitrogens is 4. The SMILES string of the molecule is CC(C)C(Nc1ncnc2ccc(C#N)cc12)c1nc2cccc(Br)c2c(=O)n1-c1ccccc1. The Morgan fingerprint density at radius 2 is 1.80 bits per heavy atom. The van der Waals surface area contributed by atoms with Crippen molar-refractivity contribution < 1.29 is 0 Å². The van der Waals surface area contributed by atoms with Gasteiger partial charge in [-0.05, 0) is 64.3 Å². The van der Waals surface area contributed by atoms with Gasteiger partial charge in [0.15, 0.2) is 0 Å². The van der Waals surface area contributed by atoms with Crippen molar-refractivity contribution in [2.24, 2.45) is 5.92 Å². The van der Waals surface area contributed by atoms with E-state index in [9.17, 15) is 10.1 Å². The van der Waals surface area contributed by atoms with Crippen LogP contribution in [0.2, 0.25) is 0 Å². The Bertz CT molecular complexity index is 1660. The molecule has 5 rings (SSSR count). The van der Waals surface area contributed by atoms with Crippen molar-refractivity contribution in [1.82, 2.24) is 19.5 Å². The summed E-state index contributed by atoms with van der Waals surface area (Å²) >= 11 is 3.53. The molecule has 0 fully saturated rings. The largest absolute Gasteiger partial charge is 0.359 e. The molecule has 0 spiro atoms. The highest BCUT2D eigenvalue weighted by Gasteiger charge is 2.25. The van der Waals surface area contributed by atoms with Crippen LogP contribution in [0.4, 0.5) is 5.82 Å². The number of benzene rings is 3. The molecule has 35 heavy (non-hydrogen) atoms. The molecule has 1 atom stereocenters. The van der Waals surface area contributed by atoms with Crippen molar-refractivity contribution in [3.05, 3.63) is 99.3 Å². The Balaban J connectivity index is 1.76. The minimum Gasteiger partial charge on any atom is -0.359 e. The van der Waals surface area contributed by atoms with Crippen LogP contribution in [-0.4, -0.2) is 19.5 Å². The normalized spacial score (nSPS) is 12.1. The van der Waals surface area contributed by atoms with Crippen LogP contribution in [0.3, 0.4) is 0 Å². The molecule has 5 aromatic rings. The van der Waals surface area contributed by atoms with Gasteiger partial charge >= 0.3 is 0 Å². The number of nitrogens with zero attached hydrogens (tertiary/aromatic N) is 5. The van der Waals surface area contributed by atoms with E-state index in [4.69, 9.17) is 4.98 Å². The third-order valence-corrected chi connectivity index (χ3v) is 6.55. The van der Waals surface area contributed by atoms with Gasteiger partial charge in [-0.15, -0.1) is 0 Å². The second kappa shape index (κ2) is 9.28. The van der Waals surface area contributed by atoms with E-state index in [1.807, 2.05) is 48.5 Å². The highest BCUT2D eigenvalue weighted by molar-refractivity contribution is 9.10. The van der Waals surface area contributed by atoms with Gasteiger partial charge in [-0.25, -0.2) is 15.0 Å². The van der Waals surface area contributed by atoms with Crippen LogP contribution in [0.5, 0.6) is 0 Å². The third kappa shape index (κ3) is 4.15. The van der Waals surface area contributed by atoms with Crippen molar-refractivity contribution >= 4 is 43.6 Å². The highest BCUT2D eigenvalue weighted by atomic mass is 79.9. The number of nitrogens with one attached hydrogen (secondary N) is 1. The van der Waals surface area contributed by atoms with Gasteiger partial charge in [0.2, 0.25) is 0 Å². The zero-order valence-electron chi connectivity index (χ0n) is 19.1. The van der Waals surface area contributed by atoms with Gasteiger partial charge in [-0.3, -0.25) is 9.36 Å². The Hall–Kier alpha value is -4.09. The molecule has 3 aromatic carbocycles. The molecule has 8 heteroatoms. The number of fused-ring (bicyclic) bond motifs is 2. The van der Waals surface area contributed by atoms with E-state index in [1.165, 1.54) is 6.33 Å². The molecule has 1 N–H and O–H groups in total. The molecule has 0 amide bonds. The van der Waals surface area contributed by atoms with Gasteiger partial charge in [0.1, 0.15) is 18.0 Å². The van der Waals surface area contributed by atoms with Crippen molar-refractivity contribution in [2.75, 3.05) is 5.32 Å². The second-order valence-electron chi connectivity index (χ2n) is 8.51. The topological polar surface area (TPSA) is 96.5 Å². The predicted molar refractivity (Wildman–Crippen MR) is 140 cm³/mol. The van der Waals surface area contributed by atoms with Crippen molar-refractivity contribution in [3.63, 3.8) is 0 Å². The second-order valence-corrected chi connectivity index (χ2v) is 9.37. The van der Waals surface area contributed by atoms with Crippen LogP contribution >= 0.6 is 15.9 Å². The van der Waals surface area contributed by atoms with E-state index in [0.717, 1.165) is 16.6 Å². The van der Waals surface area contributed by atoms with Crippen molar-refractivity contribution in [2.45, 2.75) is 19.9 Å². The van der Waals surface area contributed by atoms with Crippen LogP contribution in [0.25, 0.3) is 27.5 Å². The summed E-state index contributed by atoms with van der Waals surface area (Å²) in [5.41, 5.74) is 2.42. The number of hydrogen-bond acceptors (Lipinski definition) is 6. The van der Waals surface area contributed by atoms with E-state index in [1.54, 1.807) is 22.8 Å². The smallest absolute Gasteiger partial charge is 0.267 e. The van der Waals surface area contributed by atoms with Crippen LogP contribution in [0.1, 0.15) is 31.3 Å². The quantitative estimate of drug-likeness (QED) is 0.313. The number of para-hydroxylation sites is 1. The number of anilines is 1. The summed E-state index contributed by atoms with van der Waals surface area (Å²) in [5.74, 6) is 1.20. The molecule has 0 bridgehead atoms. The molecular weight excluding hydrogens is 504 g/mol. The molecule has 0 aliphatic carbocycles. The van der Waals surface area contributed by atoms with E-state index in [0.29, 0.717) is 32.6 Å². The third-order valence-electron chi connectivity index (χ3n) is 5.89. The summed E-state index contributed by atoms with van der Waals surface area (Å²) in [6.07, 6.45) is 1.49. The van der Waals surface area contributed by atoms with Crippen LogP contribution in [0, 0.1) is 17.2 Å². The van der Waals surface area contributed by atoms with E-state index in [2.05, 4.69) is 51.1 Å². The molecule has 0 aliphatic heterocycles. The zero-order valence-corrected chi connectivity index (χ0v) is 20.7. The molecule has 0 radical (unpaired) electrons. The maximum absolute atomic E-state index is 13.8. The summed E-state index contributed by atoms with van der Waals surface area (Å²) in [6, 6.07) is 22.2. The molecule has 2 aromatic heterocycles. The number of nitriles is 1. The Morgan fingerprint density at radius 3 is 2.54 bits per heavy atom. The van der Waals surface area contributed by atoms with E-state index < -0.39 is 0 Å². The van der Waals surface area contributed by atoms with E-state index >= 15 is 0 Å². The maximum Gasteiger partial charge on any atom is 0.267 e. The lowest BCUT2D eigenvalue weighted by atomic mass is 10.0. The minimum atomic E-state index is -0.366. The van der Waals surface area contributed by atoms with Crippen LogP contribution in [0.15, 0.2) is 82.3 Å². The first-order valence-corrected chi connectivity index (χ1v) is 11.9. The first-order chi connectivity index (χ1) is 17.0. The maximum atomic E-state index is 13.8. The molecule has 0 saturated heterocycles. The van der Waals surface area contributed by atoms with Crippen LogP contribution < -0.4 is 10.9 Å². The molecule has 2 heterocycles. The molecule has 172 valence electrons. The fraction of sp³-hybridized carbons (Fsp3) is 0.148. The van der Waals surface area contributed by atoms with Gasteiger partial charge in [-0.2, -0.15) is 5.26 Å². The Kier molecular flexibility index (Phi) is 6.01. The molecule has 7 nitrogen and oxygen atoms in total. The summed E-state index contributed by atoms with van der Waals surface area (Å²) in [5, 5.41) is 14.2. The summed E-state index contributed by atoms with van der Waals surface area (Å²) in [4.78, 5) is 27.6. The monoisotopic (exact) mass is 524 g/mol. The first-order valence-electron chi connectivity index (χ1n) is 11.2. The average Bonchev–Trinajstić information content (AvgIpc) is 2.87. The minimum absolute atomic E-state index is 0.0469. The van der Waals surface area contributed by atoms with Gasteiger partial charge in [-0.1, -0.05) is 38.1 Å². The molecule has 0 saturated carbocycles. The highest BCUT2D eigenvalue weighted by Crippen LogP contribution is 2.31. The van der Waals surface area contributed by atoms with E-state index in [-0.39, 0.29) is 17.5 Å². The molecule has 0 aliphatic rings. The first kappa shape index (κ1) is 22.7. The van der Waals surface area contributed by atoms with Gasteiger partial charge in [0, 0.05) is 9.86 Å². The molecular formula is C27H21BrN6O. The number of hydrogen-bond donors (Lipinski definition) is 1. The Morgan fingerprint density at radius 1 is 1.00 bits per heavy atom. The molecule has 1 unspecified atom stereocenters. The average molecular weight is 525 g/mol. The Labute approximate surface area is 210 Å². The standard InChI is InChI=1S/C27H21BrN6O/c1-16(2)24(33-25-19-13-17(14-29)11-12-21(19)30-15-31-25)26-32-22-10-6-9-20(28)23(22)27(35)34(26)18-7-4-3-5-8-18/h3-13,15-16,24H,1-2H3,(H,30,31,33). The lowest BCUT2D eigenvalue weighted by Crippen LogP contribution is -2.30. The number of halogens is 1. The summed E-state index contributed by atoms with van der Waals surface area (Å²) in [6.45, 7) is 4.13. The lowest BCUT2D eigenvalue weighted by Gasteiger charge is -2.26. The fourth-order valence-electron chi connectivity index (χ4n) is 4.16. The van der Waals surface area contributed by atoms with Gasteiger partial charge < -0.3 is 5.32 Å². The van der Waals surface area contributed by atoms with Gasteiger partial charge in [0.25, 0.3) is 5.56 Å². The van der Waals surface area contributed by atoms with Crippen molar-refractivity contribution in [1.29, 1.82) is 5.26 Å². The van der Waals surface area contributed by atoms with Gasteiger partial charge in [0.05, 0.1) is 39.8 Å². The number of rotatable bonds is 5. The lowest BCUT2D eigenvalue weighted by molar-refractivity contribution is 0.509. The zero-order chi connectivity index (χ0) is 24.5. The van der Waals surface area contributed by atoms with Crippen LogP contribution in [-0.2, 0) is 0 Å². The fourth-order valence-corrected chi connectivity index (χ4v) is 4.69. The van der Waals surface area contributed by atoms with Crippen molar-refractivity contribution in [3.8, 4) is 11.8 Å².